The minimum Gasteiger partial charge on any atom is -0.741 e. The second kappa shape index (κ2) is 11.8. The molecule has 1 rings (SSSR count). The molecule has 8 heteroatoms. The molecule has 9 radical (unpaired) electrons. The molecule has 3 nitrogen and oxygen atoms in total. The van der Waals surface area contributed by atoms with Crippen LogP contribution >= 0.6 is 0 Å². The van der Waals surface area contributed by atoms with E-state index in [1.54, 1.807) is 0 Å². The molecule has 0 unspecified atom stereocenters. The Hall–Kier alpha value is 0.323. The molecule has 0 saturated heterocycles. The SMILES string of the molecule is C[C]1[C](C)[C](C)[C](C)[C](C)[C]1C.O=S(=O)([O-])C(F)(F)F.[CH2][CH][CH2].[Ru+2]. The van der Waals surface area contributed by atoms with Gasteiger partial charge in [-0.3, -0.25) is 0 Å². The maximum atomic E-state index is 10.7. The monoisotopic (exact) mass is 454 g/mol. The van der Waals surface area contributed by atoms with Crippen LogP contribution < -0.4 is 0 Å². The van der Waals surface area contributed by atoms with Crippen molar-refractivity contribution in [3.8, 4) is 0 Å². The van der Waals surface area contributed by atoms with Gasteiger partial charge in [-0.05, 0) is 55.8 Å². The maximum Gasteiger partial charge on any atom is 2.00 e. The first-order valence-electron chi connectivity index (χ1n) is 6.59. The Balaban J connectivity index is -0.000000322. The summed E-state index contributed by atoms with van der Waals surface area (Å²) in [6, 6.07) is 0. The molecule has 0 N–H and O–H groups in total. The summed E-state index contributed by atoms with van der Waals surface area (Å²) in [6.45, 7) is 19.8. The van der Waals surface area contributed by atoms with E-state index in [-0.39, 0.29) is 19.5 Å². The molecule has 1 fully saturated rings. The first-order valence-corrected chi connectivity index (χ1v) is 8.00. The van der Waals surface area contributed by atoms with Crippen LogP contribution in [0.2, 0.25) is 0 Å². The van der Waals surface area contributed by atoms with Crippen molar-refractivity contribution in [1.29, 1.82) is 0 Å². The molecule has 0 aromatic carbocycles. The third-order valence-electron chi connectivity index (χ3n) is 3.66. The van der Waals surface area contributed by atoms with Crippen molar-refractivity contribution >= 4 is 10.1 Å². The third-order valence-corrected chi connectivity index (χ3v) is 4.23. The number of alkyl halides is 3. The van der Waals surface area contributed by atoms with Crippen molar-refractivity contribution in [3.05, 3.63) is 55.8 Å². The number of rotatable bonds is 0. The van der Waals surface area contributed by atoms with E-state index >= 15 is 0 Å². The van der Waals surface area contributed by atoms with E-state index in [9.17, 15) is 13.2 Å². The zero-order valence-corrected chi connectivity index (χ0v) is 17.2. The maximum absolute atomic E-state index is 10.7. The molecule has 0 aromatic heterocycles. The van der Waals surface area contributed by atoms with Gasteiger partial charge in [-0.1, -0.05) is 41.5 Å². The van der Waals surface area contributed by atoms with E-state index in [1.807, 2.05) is 0 Å². The van der Waals surface area contributed by atoms with Gasteiger partial charge in [-0.25, -0.2) is 8.42 Å². The first-order chi connectivity index (χ1) is 10.1. The molecule has 1 aliphatic rings. The van der Waals surface area contributed by atoms with Crippen molar-refractivity contribution < 1.29 is 45.6 Å². The summed E-state index contributed by atoms with van der Waals surface area (Å²) in [5.41, 5.74) is -5.65. The fourth-order valence-electron chi connectivity index (χ4n) is 1.69. The van der Waals surface area contributed by atoms with Gasteiger partial charge >= 0.3 is 25.0 Å². The topological polar surface area (TPSA) is 57.2 Å². The van der Waals surface area contributed by atoms with Crippen LogP contribution in [0.3, 0.4) is 0 Å². The Kier molecular flexibility index (Phi) is 14.4. The van der Waals surface area contributed by atoms with Crippen molar-refractivity contribution in [3.63, 3.8) is 0 Å². The van der Waals surface area contributed by atoms with E-state index in [1.165, 1.54) is 41.9 Å². The number of hydrogen-bond acceptors (Lipinski definition) is 3. The zero-order valence-electron chi connectivity index (χ0n) is 14.6. The smallest absolute Gasteiger partial charge is 0.741 e. The first kappa shape index (κ1) is 29.1. The Morgan fingerprint density at radius 2 is 0.875 bits per heavy atom. The molecule has 0 bridgehead atoms. The summed E-state index contributed by atoms with van der Waals surface area (Å²) < 4.78 is 58.9. The van der Waals surface area contributed by atoms with E-state index in [2.05, 4.69) is 55.4 Å². The van der Waals surface area contributed by atoms with Gasteiger partial charge in [0, 0.05) is 0 Å². The molecule has 0 spiro atoms. The molecule has 0 atom stereocenters. The molecule has 0 amide bonds. The average Bonchev–Trinajstić information content (AvgIpc) is 2.40. The van der Waals surface area contributed by atoms with E-state index in [4.69, 9.17) is 13.0 Å². The van der Waals surface area contributed by atoms with Gasteiger partial charge in [-0.2, -0.15) is 13.2 Å². The second-order valence-corrected chi connectivity index (χ2v) is 6.31. The summed E-state index contributed by atoms with van der Waals surface area (Å²) in [5.74, 6) is 8.73. The molecule has 1 saturated carbocycles. The van der Waals surface area contributed by atoms with E-state index < -0.39 is 15.6 Å². The van der Waals surface area contributed by atoms with Gasteiger partial charge in [0.1, 0.15) is 0 Å². The van der Waals surface area contributed by atoms with Gasteiger partial charge in [-0.15, -0.1) is 0 Å². The Morgan fingerprint density at radius 3 is 0.917 bits per heavy atom. The van der Waals surface area contributed by atoms with Gasteiger partial charge < -0.3 is 4.55 Å². The minimum atomic E-state index is -6.09. The second-order valence-electron chi connectivity index (χ2n) is 4.94. The van der Waals surface area contributed by atoms with E-state index in [0.29, 0.717) is 0 Å². The number of halogens is 3. The summed E-state index contributed by atoms with van der Waals surface area (Å²) in [5, 5.41) is 0. The van der Waals surface area contributed by atoms with Crippen LogP contribution in [-0.4, -0.2) is 18.5 Å². The molecular weight excluding hydrogens is 430 g/mol. The Morgan fingerprint density at radius 1 is 0.792 bits per heavy atom. The van der Waals surface area contributed by atoms with Crippen LogP contribution in [0.25, 0.3) is 0 Å². The summed E-state index contributed by atoms with van der Waals surface area (Å²) in [6.07, 6.45) is 1.50. The molecular formula is C16H23F3O3RuS+. The van der Waals surface area contributed by atoms with Gasteiger partial charge in [0.25, 0.3) is 0 Å². The quantitative estimate of drug-likeness (QED) is 0.309. The molecule has 0 heterocycles. The Labute approximate surface area is 158 Å². The fraction of sp³-hybridized carbons (Fsp3) is 0.438. The normalized spacial score (nSPS) is 19.7. The third kappa shape index (κ3) is 9.14. The standard InChI is InChI=1S/C12H18.C3H5.CHF3O3S.Ru/c1-7-8(2)10(4)12(6)11(5)9(7)3;1-3-2;2-1(3,4)8(5,6)7;/h1-6H3;3H,1-2H2;(H,5,6,7);/q;;;+2/p-1. The zero-order chi connectivity index (χ0) is 19.2. The van der Waals surface area contributed by atoms with E-state index in [0.717, 1.165) is 0 Å². The molecule has 1 aliphatic carbocycles. The predicted octanol–water partition coefficient (Wildman–Crippen LogP) is 4.47. The van der Waals surface area contributed by atoms with Gasteiger partial charge in [0.15, 0.2) is 10.1 Å². The number of hydrogen-bond donors (Lipinski definition) is 0. The molecule has 0 aliphatic heterocycles. The molecule has 0 aromatic rings. The van der Waals surface area contributed by atoms with Crippen LogP contribution in [0.1, 0.15) is 41.5 Å². The van der Waals surface area contributed by atoms with Gasteiger partial charge in [0.2, 0.25) is 0 Å². The van der Waals surface area contributed by atoms with Crippen molar-refractivity contribution in [2.24, 2.45) is 0 Å². The minimum absolute atomic E-state index is 0. The van der Waals surface area contributed by atoms with Crippen LogP contribution in [0.4, 0.5) is 13.2 Å². The fourth-order valence-corrected chi connectivity index (χ4v) is 1.69. The van der Waals surface area contributed by atoms with Crippen LogP contribution in [0.15, 0.2) is 0 Å². The van der Waals surface area contributed by atoms with Crippen LogP contribution in [0.5, 0.6) is 0 Å². The van der Waals surface area contributed by atoms with Crippen LogP contribution in [-0.2, 0) is 29.6 Å². The summed E-state index contributed by atoms with van der Waals surface area (Å²) >= 11 is 0. The van der Waals surface area contributed by atoms with Crippen molar-refractivity contribution in [2.45, 2.75) is 47.1 Å². The van der Waals surface area contributed by atoms with Gasteiger partial charge in [0.05, 0.1) is 0 Å². The molecule has 24 heavy (non-hydrogen) atoms. The predicted molar refractivity (Wildman–Crippen MR) is 84.3 cm³/mol. The van der Waals surface area contributed by atoms with Crippen molar-refractivity contribution in [2.75, 3.05) is 0 Å². The average molecular weight is 453 g/mol. The summed E-state index contributed by atoms with van der Waals surface area (Å²) in [7, 11) is -6.09. The Bertz CT molecular complexity index is 368. The van der Waals surface area contributed by atoms with Crippen LogP contribution in [0, 0.1) is 55.8 Å². The largest absolute Gasteiger partial charge is 2.00 e. The van der Waals surface area contributed by atoms with Crippen molar-refractivity contribution in [1.82, 2.24) is 0 Å². The molecule has 139 valence electrons. The summed E-state index contributed by atoms with van der Waals surface area (Å²) in [4.78, 5) is 0.